The minimum Gasteiger partial charge on any atom is -0.467 e. The second kappa shape index (κ2) is 6.58. The zero-order valence-corrected chi connectivity index (χ0v) is 10.9. The van der Waals surface area contributed by atoms with Gasteiger partial charge in [-0.3, -0.25) is 4.98 Å². The molecule has 0 unspecified atom stereocenters. The molecule has 0 aliphatic heterocycles. The van der Waals surface area contributed by atoms with E-state index >= 15 is 0 Å². The Morgan fingerprint density at radius 1 is 1.37 bits per heavy atom. The van der Waals surface area contributed by atoms with Crippen molar-refractivity contribution in [1.29, 1.82) is 0 Å². The van der Waals surface area contributed by atoms with Crippen molar-refractivity contribution in [3.63, 3.8) is 0 Å². The lowest BCUT2D eigenvalue weighted by Crippen LogP contribution is -2.37. The first-order valence-corrected chi connectivity index (χ1v) is 6.17. The van der Waals surface area contributed by atoms with E-state index in [2.05, 4.69) is 10.3 Å². The minimum absolute atomic E-state index is 0.118. The van der Waals surface area contributed by atoms with Gasteiger partial charge in [0.05, 0.1) is 12.8 Å². The highest BCUT2D eigenvalue weighted by Crippen LogP contribution is 2.03. The van der Waals surface area contributed by atoms with Crippen molar-refractivity contribution < 1.29 is 9.21 Å². The smallest absolute Gasteiger partial charge is 0.317 e. The van der Waals surface area contributed by atoms with E-state index in [0.29, 0.717) is 13.1 Å². The molecule has 2 amide bonds. The van der Waals surface area contributed by atoms with Gasteiger partial charge in [-0.2, -0.15) is 0 Å². The average Bonchev–Trinajstić information content (AvgIpc) is 2.92. The Bertz CT molecular complexity index is 497. The van der Waals surface area contributed by atoms with Crippen molar-refractivity contribution in [2.24, 2.45) is 0 Å². The summed E-state index contributed by atoms with van der Waals surface area (Å²) in [5, 5.41) is 2.85. The largest absolute Gasteiger partial charge is 0.467 e. The van der Waals surface area contributed by atoms with Crippen LogP contribution in [-0.4, -0.2) is 29.5 Å². The summed E-state index contributed by atoms with van der Waals surface area (Å²) >= 11 is 0. The molecule has 2 aromatic heterocycles. The number of pyridine rings is 1. The summed E-state index contributed by atoms with van der Waals surface area (Å²) in [6.45, 7) is 1.03. The maximum Gasteiger partial charge on any atom is 0.317 e. The molecule has 0 radical (unpaired) electrons. The summed E-state index contributed by atoms with van der Waals surface area (Å²) in [7, 11) is 1.73. The molecule has 0 aromatic carbocycles. The SMILES string of the molecule is CN(Cc1ccco1)C(=O)NCCc1ccccn1. The highest BCUT2D eigenvalue weighted by Gasteiger charge is 2.09. The fourth-order valence-electron chi connectivity index (χ4n) is 1.69. The molecule has 5 heteroatoms. The van der Waals surface area contributed by atoms with E-state index in [1.165, 1.54) is 0 Å². The highest BCUT2D eigenvalue weighted by atomic mass is 16.3. The van der Waals surface area contributed by atoms with Gasteiger partial charge in [0.2, 0.25) is 0 Å². The Hall–Kier alpha value is -2.30. The number of amides is 2. The lowest BCUT2D eigenvalue weighted by molar-refractivity contribution is 0.203. The molecule has 0 aliphatic carbocycles. The molecule has 0 fully saturated rings. The first-order valence-electron chi connectivity index (χ1n) is 6.17. The molecular weight excluding hydrogens is 242 g/mol. The molecule has 2 heterocycles. The summed E-state index contributed by atoms with van der Waals surface area (Å²) in [4.78, 5) is 17.6. The normalized spacial score (nSPS) is 10.2. The third-order valence-corrected chi connectivity index (χ3v) is 2.70. The summed E-state index contributed by atoms with van der Waals surface area (Å²) < 4.78 is 5.20. The van der Waals surface area contributed by atoms with Crippen LogP contribution >= 0.6 is 0 Å². The number of hydrogen-bond acceptors (Lipinski definition) is 3. The molecule has 5 nitrogen and oxygen atoms in total. The second-order valence-corrected chi connectivity index (χ2v) is 4.24. The lowest BCUT2D eigenvalue weighted by atomic mass is 10.3. The number of nitrogens with zero attached hydrogens (tertiary/aromatic N) is 2. The molecule has 0 atom stereocenters. The number of hydrogen-bond donors (Lipinski definition) is 1. The number of rotatable bonds is 5. The topological polar surface area (TPSA) is 58.4 Å². The third kappa shape index (κ3) is 4.13. The number of nitrogens with one attached hydrogen (secondary N) is 1. The van der Waals surface area contributed by atoms with Crippen LogP contribution in [0.3, 0.4) is 0 Å². The Morgan fingerprint density at radius 3 is 2.95 bits per heavy atom. The van der Waals surface area contributed by atoms with Crippen LogP contribution in [0.15, 0.2) is 47.2 Å². The first kappa shape index (κ1) is 13.1. The summed E-state index contributed by atoms with van der Waals surface area (Å²) in [6.07, 6.45) is 4.07. The monoisotopic (exact) mass is 259 g/mol. The third-order valence-electron chi connectivity index (χ3n) is 2.70. The Kier molecular flexibility index (Phi) is 4.55. The van der Waals surface area contributed by atoms with Crippen LogP contribution in [0.1, 0.15) is 11.5 Å². The van der Waals surface area contributed by atoms with E-state index in [1.807, 2.05) is 30.3 Å². The van der Waals surface area contributed by atoms with Gasteiger partial charge >= 0.3 is 6.03 Å². The predicted molar refractivity (Wildman–Crippen MR) is 71.5 cm³/mol. The molecule has 0 aliphatic rings. The molecule has 2 aromatic rings. The van der Waals surface area contributed by atoms with E-state index in [4.69, 9.17) is 4.42 Å². The molecule has 0 bridgehead atoms. The van der Waals surface area contributed by atoms with Gasteiger partial charge in [0.1, 0.15) is 5.76 Å². The second-order valence-electron chi connectivity index (χ2n) is 4.24. The van der Waals surface area contributed by atoms with Crippen molar-refractivity contribution in [3.8, 4) is 0 Å². The summed E-state index contributed by atoms with van der Waals surface area (Å²) in [6, 6.07) is 9.29. The molecule has 2 rings (SSSR count). The van der Waals surface area contributed by atoms with Crippen molar-refractivity contribution in [3.05, 3.63) is 54.2 Å². The van der Waals surface area contributed by atoms with E-state index < -0.39 is 0 Å². The van der Waals surface area contributed by atoms with E-state index in [9.17, 15) is 4.79 Å². The molecule has 0 spiro atoms. The number of urea groups is 1. The molecular formula is C14H17N3O2. The molecule has 0 saturated carbocycles. The highest BCUT2D eigenvalue weighted by molar-refractivity contribution is 5.73. The van der Waals surface area contributed by atoms with Gasteiger partial charge < -0.3 is 14.6 Å². The van der Waals surface area contributed by atoms with Gasteiger partial charge in [0.15, 0.2) is 0 Å². The van der Waals surface area contributed by atoms with Crippen LogP contribution in [0, 0.1) is 0 Å². The van der Waals surface area contributed by atoms with Crippen LogP contribution in [0.25, 0.3) is 0 Å². The lowest BCUT2D eigenvalue weighted by Gasteiger charge is -2.16. The van der Waals surface area contributed by atoms with Crippen LogP contribution in [0.2, 0.25) is 0 Å². The van der Waals surface area contributed by atoms with Gasteiger partial charge in [-0.15, -0.1) is 0 Å². The van der Waals surface area contributed by atoms with Gasteiger partial charge in [0.25, 0.3) is 0 Å². The van der Waals surface area contributed by atoms with Crippen molar-refractivity contribution in [1.82, 2.24) is 15.2 Å². The van der Waals surface area contributed by atoms with E-state index in [-0.39, 0.29) is 6.03 Å². The standard InChI is InChI=1S/C14H17N3O2/c1-17(11-13-6-4-10-19-13)14(18)16-9-7-12-5-2-3-8-15-12/h2-6,8,10H,7,9,11H2,1H3,(H,16,18). The molecule has 100 valence electrons. The van der Waals surface area contributed by atoms with Gasteiger partial charge in [0, 0.05) is 31.9 Å². The zero-order valence-electron chi connectivity index (χ0n) is 10.9. The minimum atomic E-state index is -0.118. The van der Waals surface area contributed by atoms with E-state index in [1.54, 1.807) is 24.4 Å². The molecule has 0 saturated heterocycles. The van der Waals surface area contributed by atoms with Crippen LogP contribution in [0.5, 0.6) is 0 Å². The Labute approximate surface area is 112 Å². The van der Waals surface area contributed by atoms with Gasteiger partial charge in [-0.05, 0) is 24.3 Å². The van der Waals surface area contributed by atoms with E-state index in [0.717, 1.165) is 17.9 Å². The average molecular weight is 259 g/mol. The number of aromatic nitrogens is 1. The number of furan rings is 1. The van der Waals surface area contributed by atoms with Crippen molar-refractivity contribution in [2.75, 3.05) is 13.6 Å². The summed E-state index contributed by atoms with van der Waals surface area (Å²) in [5.74, 6) is 0.766. The van der Waals surface area contributed by atoms with Crippen molar-refractivity contribution >= 4 is 6.03 Å². The quantitative estimate of drug-likeness (QED) is 0.894. The van der Waals surface area contributed by atoms with Gasteiger partial charge in [-0.1, -0.05) is 6.07 Å². The van der Waals surface area contributed by atoms with Crippen molar-refractivity contribution in [2.45, 2.75) is 13.0 Å². The molecule has 19 heavy (non-hydrogen) atoms. The van der Waals surface area contributed by atoms with Gasteiger partial charge in [-0.25, -0.2) is 4.79 Å². The predicted octanol–water partition coefficient (Wildman–Crippen LogP) is 2.06. The van der Waals surface area contributed by atoms with Crippen LogP contribution in [-0.2, 0) is 13.0 Å². The van der Waals surface area contributed by atoms with Crippen LogP contribution < -0.4 is 5.32 Å². The fraction of sp³-hybridized carbons (Fsp3) is 0.286. The summed E-state index contributed by atoms with van der Waals surface area (Å²) in [5.41, 5.74) is 0.969. The van der Waals surface area contributed by atoms with Crippen LogP contribution in [0.4, 0.5) is 4.79 Å². The first-order chi connectivity index (χ1) is 9.25. The maximum absolute atomic E-state index is 11.8. The number of carbonyl (C=O) groups is 1. The maximum atomic E-state index is 11.8. The Balaban J connectivity index is 1.72. The fourth-order valence-corrected chi connectivity index (χ4v) is 1.69. The zero-order chi connectivity index (χ0) is 13.5. The molecule has 1 N–H and O–H groups in total. The Morgan fingerprint density at radius 2 is 2.26 bits per heavy atom. The number of carbonyl (C=O) groups excluding carboxylic acids is 1.